The molecule has 0 heterocycles. The fourth-order valence-corrected chi connectivity index (χ4v) is 2.05. The van der Waals surface area contributed by atoms with E-state index in [0.29, 0.717) is 32.1 Å². The molecule has 0 aromatic rings. The number of amides is 1. The molecule has 4 nitrogen and oxygen atoms in total. The first-order valence-electron chi connectivity index (χ1n) is 6.18. The zero-order valence-corrected chi connectivity index (χ0v) is 11.2. The van der Waals surface area contributed by atoms with Crippen LogP contribution in [-0.4, -0.2) is 44.3 Å². The number of rotatable bonds is 9. The lowest BCUT2D eigenvalue weighted by Crippen LogP contribution is -2.44. The molecule has 0 spiro atoms. The molecule has 0 saturated heterocycles. The van der Waals surface area contributed by atoms with Gasteiger partial charge in [-0.05, 0) is 25.7 Å². The van der Waals surface area contributed by atoms with Crippen LogP contribution in [0.4, 0.5) is 0 Å². The first kappa shape index (κ1) is 14.7. The number of hydrogen-bond acceptors (Lipinski definition) is 3. The van der Waals surface area contributed by atoms with Gasteiger partial charge in [-0.2, -0.15) is 0 Å². The first-order chi connectivity index (χ1) is 8.22. The van der Waals surface area contributed by atoms with Crippen molar-refractivity contribution in [1.29, 1.82) is 0 Å². The van der Waals surface area contributed by atoms with E-state index in [1.54, 1.807) is 7.11 Å². The highest BCUT2D eigenvalue weighted by atomic mass is 35.5. The summed E-state index contributed by atoms with van der Waals surface area (Å²) in [5, 5.41) is 2.89. The molecule has 17 heavy (non-hydrogen) atoms. The van der Waals surface area contributed by atoms with Crippen molar-refractivity contribution >= 4 is 17.5 Å². The average Bonchev–Trinajstić information content (AvgIpc) is 2.28. The molecule has 0 bridgehead atoms. The summed E-state index contributed by atoms with van der Waals surface area (Å²) in [7, 11) is 1.69. The van der Waals surface area contributed by atoms with E-state index in [1.807, 2.05) is 0 Å². The van der Waals surface area contributed by atoms with Crippen LogP contribution in [0.1, 0.15) is 32.1 Å². The minimum atomic E-state index is -0.181. The maximum Gasteiger partial charge on any atom is 0.222 e. The molecule has 100 valence electrons. The molecular weight excluding hydrogens is 242 g/mol. The molecule has 0 unspecified atom stereocenters. The van der Waals surface area contributed by atoms with Gasteiger partial charge in [-0.25, -0.2) is 0 Å². The van der Waals surface area contributed by atoms with E-state index >= 15 is 0 Å². The van der Waals surface area contributed by atoms with E-state index in [4.69, 9.17) is 21.1 Å². The SMILES string of the molecule is COC1(CC(=O)NCCCOCCCl)CCC1. The van der Waals surface area contributed by atoms with Gasteiger partial charge in [0.15, 0.2) is 0 Å². The number of alkyl halides is 1. The van der Waals surface area contributed by atoms with Crippen molar-refractivity contribution in [3.63, 3.8) is 0 Å². The minimum Gasteiger partial charge on any atom is -0.380 e. The highest BCUT2D eigenvalue weighted by Gasteiger charge is 2.38. The third kappa shape index (κ3) is 5.23. The Hall–Kier alpha value is -0.320. The van der Waals surface area contributed by atoms with E-state index < -0.39 is 0 Å². The second-order valence-electron chi connectivity index (χ2n) is 4.42. The van der Waals surface area contributed by atoms with Gasteiger partial charge >= 0.3 is 0 Å². The monoisotopic (exact) mass is 263 g/mol. The van der Waals surface area contributed by atoms with Crippen LogP contribution in [0.25, 0.3) is 0 Å². The van der Waals surface area contributed by atoms with E-state index in [1.165, 1.54) is 0 Å². The standard InChI is InChI=1S/C12H22ClNO3/c1-16-12(4-2-5-12)10-11(15)14-7-3-8-17-9-6-13/h2-10H2,1H3,(H,14,15). The number of carbonyl (C=O) groups excluding carboxylic acids is 1. The third-order valence-electron chi connectivity index (χ3n) is 3.19. The summed E-state index contributed by atoms with van der Waals surface area (Å²) in [6.07, 6.45) is 4.45. The molecule has 1 fully saturated rings. The van der Waals surface area contributed by atoms with Gasteiger partial charge in [0, 0.05) is 26.1 Å². The normalized spacial score (nSPS) is 17.5. The van der Waals surface area contributed by atoms with Crippen LogP contribution in [0, 0.1) is 0 Å². The molecular formula is C12H22ClNO3. The van der Waals surface area contributed by atoms with Crippen molar-refractivity contribution in [3.8, 4) is 0 Å². The summed E-state index contributed by atoms with van der Waals surface area (Å²) in [5.74, 6) is 0.590. The third-order valence-corrected chi connectivity index (χ3v) is 3.34. The Labute approximate surface area is 108 Å². The van der Waals surface area contributed by atoms with E-state index in [-0.39, 0.29) is 11.5 Å². The first-order valence-corrected chi connectivity index (χ1v) is 6.71. The van der Waals surface area contributed by atoms with Crippen LogP contribution in [0.2, 0.25) is 0 Å². The van der Waals surface area contributed by atoms with Gasteiger partial charge in [-0.3, -0.25) is 4.79 Å². The van der Waals surface area contributed by atoms with E-state index in [9.17, 15) is 4.79 Å². The molecule has 1 amide bonds. The summed E-state index contributed by atoms with van der Waals surface area (Å²) in [4.78, 5) is 11.6. The molecule has 5 heteroatoms. The number of hydrogen-bond donors (Lipinski definition) is 1. The Bertz CT molecular complexity index is 226. The molecule has 0 aromatic heterocycles. The summed E-state index contributed by atoms with van der Waals surface area (Å²) in [5.41, 5.74) is -0.181. The largest absolute Gasteiger partial charge is 0.380 e. The molecule has 1 aliphatic carbocycles. The Morgan fingerprint density at radius 3 is 2.71 bits per heavy atom. The smallest absolute Gasteiger partial charge is 0.222 e. The number of ether oxygens (including phenoxy) is 2. The van der Waals surface area contributed by atoms with Crippen molar-refractivity contribution < 1.29 is 14.3 Å². The molecule has 1 saturated carbocycles. The summed E-state index contributed by atoms with van der Waals surface area (Å²) in [6, 6.07) is 0. The Morgan fingerprint density at radius 2 is 2.18 bits per heavy atom. The minimum absolute atomic E-state index is 0.0730. The van der Waals surface area contributed by atoms with Crippen LogP contribution in [0.3, 0.4) is 0 Å². The quantitative estimate of drug-likeness (QED) is 0.509. The van der Waals surface area contributed by atoms with Gasteiger partial charge in [0.25, 0.3) is 0 Å². The predicted octanol–water partition coefficient (Wildman–Crippen LogP) is 1.71. The van der Waals surface area contributed by atoms with Gasteiger partial charge in [-0.15, -0.1) is 11.6 Å². The molecule has 1 rings (SSSR count). The fourth-order valence-electron chi connectivity index (χ4n) is 1.94. The number of methoxy groups -OCH3 is 1. The maximum atomic E-state index is 11.6. The molecule has 1 N–H and O–H groups in total. The van der Waals surface area contributed by atoms with Crippen molar-refractivity contribution in [2.24, 2.45) is 0 Å². The van der Waals surface area contributed by atoms with Crippen molar-refractivity contribution in [2.45, 2.75) is 37.7 Å². The Balaban J connectivity index is 2.01. The zero-order chi connectivity index (χ0) is 12.6. The number of carbonyl (C=O) groups is 1. The lowest BCUT2D eigenvalue weighted by atomic mass is 9.77. The van der Waals surface area contributed by atoms with E-state index in [2.05, 4.69) is 5.32 Å². The molecule has 0 aromatic carbocycles. The van der Waals surface area contributed by atoms with Crippen LogP contribution < -0.4 is 5.32 Å². The molecule has 1 aliphatic rings. The molecule has 0 aliphatic heterocycles. The van der Waals surface area contributed by atoms with Gasteiger partial charge in [-0.1, -0.05) is 0 Å². The van der Waals surface area contributed by atoms with Crippen LogP contribution in [-0.2, 0) is 14.3 Å². The fraction of sp³-hybridized carbons (Fsp3) is 0.917. The zero-order valence-electron chi connectivity index (χ0n) is 10.5. The summed E-state index contributed by atoms with van der Waals surface area (Å²) < 4.78 is 10.6. The highest BCUT2D eigenvalue weighted by Crippen LogP contribution is 2.37. The Morgan fingerprint density at radius 1 is 1.41 bits per heavy atom. The highest BCUT2D eigenvalue weighted by molar-refractivity contribution is 6.17. The van der Waals surface area contributed by atoms with Crippen LogP contribution in [0.15, 0.2) is 0 Å². The lowest BCUT2D eigenvalue weighted by Gasteiger charge is -2.39. The van der Waals surface area contributed by atoms with Crippen molar-refractivity contribution in [1.82, 2.24) is 5.32 Å². The van der Waals surface area contributed by atoms with Gasteiger partial charge in [0.1, 0.15) is 0 Å². The van der Waals surface area contributed by atoms with Gasteiger partial charge < -0.3 is 14.8 Å². The van der Waals surface area contributed by atoms with Crippen molar-refractivity contribution in [2.75, 3.05) is 32.7 Å². The molecule has 0 atom stereocenters. The maximum absolute atomic E-state index is 11.6. The average molecular weight is 264 g/mol. The van der Waals surface area contributed by atoms with Gasteiger partial charge in [0.05, 0.1) is 18.6 Å². The summed E-state index contributed by atoms with van der Waals surface area (Å²) >= 11 is 5.47. The summed E-state index contributed by atoms with van der Waals surface area (Å²) in [6.45, 7) is 1.87. The number of nitrogens with one attached hydrogen (secondary N) is 1. The van der Waals surface area contributed by atoms with Crippen LogP contribution >= 0.6 is 11.6 Å². The second kappa shape index (κ2) is 7.90. The topological polar surface area (TPSA) is 47.6 Å². The van der Waals surface area contributed by atoms with Crippen LogP contribution in [0.5, 0.6) is 0 Å². The van der Waals surface area contributed by atoms with Crippen molar-refractivity contribution in [3.05, 3.63) is 0 Å². The van der Waals surface area contributed by atoms with Gasteiger partial charge in [0.2, 0.25) is 5.91 Å². The lowest BCUT2D eigenvalue weighted by molar-refractivity contribution is -0.134. The predicted molar refractivity (Wildman–Crippen MR) is 67.4 cm³/mol. The second-order valence-corrected chi connectivity index (χ2v) is 4.80. The Kier molecular flexibility index (Phi) is 6.85. The molecule has 0 radical (unpaired) electrons. The number of halogens is 1. The van der Waals surface area contributed by atoms with E-state index in [0.717, 1.165) is 25.7 Å².